The van der Waals surface area contributed by atoms with Gasteiger partial charge in [-0.3, -0.25) is 9.69 Å². The molecule has 7 heteroatoms. The second-order valence-electron chi connectivity index (χ2n) is 4.85. The second kappa shape index (κ2) is 6.25. The Balaban J connectivity index is 2.00. The fourth-order valence-corrected chi connectivity index (χ4v) is 2.28. The zero-order valence-electron chi connectivity index (χ0n) is 11.5. The number of carbonyl (C=O) groups is 3. The molecule has 1 aromatic rings. The highest BCUT2D eigenvalue weighted by molar-refractivity contribution is 5.97. The minimum Gasteiger partial charge on any atom is -0.478 e. The molecule has 0 spiro atoms. The highest BCUT2D eigenvalue weighted by atomic mass is 16.4. The number of carbonyl (C=O) groups excluding carboxylic acids is 2. The number of anilines is 1. The summed E-state index contributed by atoms with van der Waals surface area (Å²) in [6.07, 6.45) is 1.40. The number of rotatable bonds is 5. The molecule has 4 N–H and O–H groups in total. The van der Waals surface area contributed by atoms with Gasteiger partial charge in [0, 0.05) is 25.2 Å². The maximum atomic E-state index is 12.1. The van der Waals surface area contributed by atoms with E-state index in [1.165, 1.54) is 17.0 Å². The third-order valence-electron chi connectivity index (χ3n) is 3.35. The molecule has 3 amide bonds. The van der Waals surface area contributed by atoms with E-state index in [9.17, 15) is 14.4 Å². The van der Waals surface area contributed by atoms with Gasteiger partial charge in [-0.1, -0.05) is 6.07 Å². The summed E-state index contributed by atoms with van der Waals surface area (Å²) in [6, 6.07) is 4.49. The van der Waals surface area contributed by atoms with E-state index in [-0.39, 0.29) is 18.0 Å². The predicted molar refractivity (Wildman–Crippen MR) is 76.3 cm³/mol. The molecule has 2 rings (SSSR count). The van der Waals surface area contributed by atoms with Crippen molar-refractivity contribution < 1.29 is 19.5 Å². The lowest BCUT2D eigenvalue weighted by Crippen LogP contribution is -2.39. The minimum atomic E-state index is -1.02. The van der Waals surface area contributed by atoms with E-state index in [4.69, 9.17) is 10.8 Å². The Kier molecular flexibility index (Phi) is 4.42. The van der Waals surface area contributed by atoms with Crippen LogP contribution in [0.5, 0.6) is 0 Å². The first-order valence-electron chi connectivity index (χ1n) is 6.69. The summed E-state index contributed by atoms with van der Waals surface area (Å²) in [4.78, 5) is 35.2. The molecule has 0 fully saturated rings. The number of primary amides is 1. The number of benzene rings is 1. The van der Waals surface area contributed by atoms with Crippen LogP contribution in [0, 0.1) is 0 Å². The maximum absolute atomic E-state index is 12.1. The van der Waals surface area contributed by atoms with Gasteiger partial charge in [0.2, 0.25) is 5.91 Å². The quantitative estimate of drug-likeness (QED) is 0.694. The lowest BCUT2D eigenvalue weighted by Gasteiger charge is -2.18. The molecule has 0 aliphatic carbocycles. The molecule has 0 saturated carbocycles. The molecule has 0 atom stereocenters. The van der Waals surface area contributed by atoms with Gasteiger partial charge in [-0.2, -0.15) is 0 Å². The average Bonchev–Trinajstić information content (AvgIpc) is 2.86. The van der Waals surface area contributed by atoms with Gasteiger partial charge in [-0.15, -0.1) is 0 Å². The van der Waals surface area contributed by atoms with Gasteiger partial charge in [-0.05, 0) is 30.5 Å². The molecule has 0 bridgehead atoms. The van der Waals surface area contributed by atoms with Crippen LogP contribution in [0.4, 0.5) is 10.5 Å². The van der Waals surface area contributed by atoms with Crippen molar-refractivity contribution in [2.24, 2.45) is 5.73 Å². The molecular formula is C14H17N3O4. The number of carboxylic acids is 1. The number of hydrogen-bond acceptors (Lipinski definition) is 3. The van der Waals surface area contributed by atoms with Crippen LogP contribution in [-0.2, 0) is 11.2 Å². The average molecular weight is 291 g/mol. The third-order valence-corrected chi connectivity index (χ3v) is 3.35. The van der Waals surface area contributed by atoms with Crippen LogP contribution in [0.2, 0.25) is 0 Å². The number of nitrogens with zero attached hydrogens (tertiary/aromatic N) is 1. The van der Waals surface area contributed by atoms with Crippen LogP contribution >= 0.6 is 0 Å². The Morgan fingerprint density at radius 3 is 2.76 bits per heavy atom. The van der Waals surface area contributed by atoms with Crippen molar-refractivity contribution >= 4 is 23.6 Å². The van der Waals surface area contributed by atoms with Crippen molar-refractivity contribution in [1.82, 2.24) is 5.32 Å². The Bertz CT molecular complexity index is 586. The number of nitrogens with one attached hydrogen (secondary N) is 1. The summed E-state index contributed by atoms with van der Waals surface area (Å²) >= 11 is 0. The van der Waals surface area contributed by atoms with Crippen LogP contribution < -0.4 is 16.0 Å². The molecule has 0 radical (unpaired) electrons. The highest BCUT2D eigenvalue weighted by Crippen LogP contribution is 2.29. The summed E-state index contributed by atoms with van der Waals surface area (Å²) in [6.45, 7) is 0.867. The van der Waals surface area contributed by atoms with E-state index in [1.54, 1.807) is 6.07 Å². The molecule has 21 heavy (non-hydrogen) atoms. The van der Waals surface area contributed by atoms with Crippen molar-refractivity contribution in [2.75, 3.05) is 18.0 Å². The van der Waals surface area contributed by atoms with Crippen molar-refractivity contribution in [1.29, 1.82) is 0 Å². The fraction of sp³-hybridized carbons (Fsp3) is 0.357. The zero-order chi connectivity index (χ0) is 15.4. The monoisotopic (exact) mass is 291 g/mol. The number of amides is 3. The van der Waals surface area contributed by atoms with E-state index in [0.717, 1.165) is 5.56 Å². The van der Waals surface area contributed by atoms with E-state index in [1.807, 2.05) is 0 Å². The van der Waals surface area contributed by atoms with E-state index in [2.05, 4.69) is 5.32 Å². The van der Waals surface area contributed by atoms with Crippen molar-refractivity contribution in [3.8, 4) is 0 Å². The summed E-state index contributed by atoms with van der Waals surface area (Å²) < 4.78 is 0. The zero-order valence-corrected chi connectivity index (χ0v) is 11.5. The molecule has 1 aliphatic heterocycles. The SMILES string of the molecule is NC(=O)CCCNC(=O)N1CCc2ccc(C(=O)O)cc21. The van der Waals surface area contributed by atoms with E-state index >= 15 is 0 Å². The number of hydrogen-bond donors (Lipinski definition) is 3. The number of urea groups is 1. The molecule has 0 saturated heterocycles. The van der Waals surface area contributed by atoms with Gasteiger partial charge in [0.1, 0.15) is 0 Å². The van der Waals surface area contributed by atoms with Crippen molar-refractivity contribution in [3.05, 3.63) is 29.3 Å². The Morgan fingerprint density at radius 2 is 2.10 bits per heavy atom. The van der Waals surface area contributed by atoms with Crippen LogP contribution in [0.15, 0.2) is 18.2 Å². The Labute approximate surface area is 121 Å². The summed E-state index contributed by atoms with van der Waals surface area (Å²) in [5.41, 5.74) is 6.76. The smallest absolute Gasteiger partial charge is 0.335 e. The molecule has 0 unspecified atom stereocenters. The maximum Gasteiger partial charge on any atom is 0.335 e. The van der Waals surface area contributed by atoms with Crippen molar-refractivity contribution in [2.45, 2.75) is 19.3 Å². The summed E-state index contributed by atoms with van der Waals surface area (Å²) in [7, 11) is 0. The number of carboxylic acid groups (broad SMARTS) is 1. The molecular weight excluding hydrogens is 274 g/mol. The van der Waals surface area contributed by atoms with Gasteiger partial charge in [-0.25, -0.2) is 9.59 Å². The predicted octanol–water partition coefficient (Wildman–Crippen LogP) is 0.722. The molecule has 112 valence electrons. The number of fused-ring (bicyclic) bond motifs is 1. The van der Waals surface area contributed by atoms with Crippen molar-refractivity contribution in [3.63, 3.8) is 0 Å². The van der Waals surface area contributed by atoms with E-state index < -0.39 is 11.9 Å². The number of nitrogens with two attached hydrogens (primary N) is 1. The van der Waals surface area contributed by atoms with Gasteiger partial charge in [0.25, 0.3) is 0 Å². The second-order valence-corrected chi connectivity index (χ2v) is 4.85. The Morgan fingerprint density at radius 1 is 1.33 bits per heavy atom. The summed E-state index contributed by atoms with van der Waals surface area (Å²) in [5.74, 6) is -1.42. The van der Waals surface area contributed by atoms with Crippen LogP contribution in [-0.4, -0.2) is 36.1 Å². The van der Waals surface area contributed by atoms with Gasteiger partial charge >= 0.3 is 12.0 Å². The topological polar surface area (TPSA) is 113 Å². The lowest BCUT2D eigenvalue weighted by atomic mass is 10.1. The molecule has 1 aromatic carbocycles. The molecule has 1 aliphatic rings. The molecule has 1 heterocycles. The standard InChI is InChI=1S/C14H17N3O4/c15-12(18)2-1-6-16-14(21)17-7-5-9-3-4-10(13(19)20)8-11(9)17/h3-4,8H,1-2,5-7H2,(H2,15,18)(H,16,21)(H,19,20). The van der Waals surface area contributed by atoms with Gasteiger partial charge in [0.15, 0.2) is 0 Å². The van der Waals surface area contributed by atoms with Gasteiger partial charge in [0.05, 0.1) is 5.56 Å². The molecule has 0 aromatic heterocycles. The first-order valence-corrected chi connectivity index (χ1v) is 6.69. The van der Waals surface area contributed by atoms with Gasteiger partial charge < -0.3 is 16.2 Å². The lowest BCUT2D eigenvalue weighted by molar-refractivity contribution is -0.118. The fourth-order valence-electron chi connectivity index (χ4n) is 2.28. The first kappa shape index (κ1) is 14.8. The highest BCUT2D eigenvalue weighted by Gasteiger charge is 2.25. The van der Waals surface area contributed by atoms with Crippen LogP contribution in [0.25, 0.3) is 0 Å². The normalized spacial score (nSPS) is 12.9. The van der Waals surface area contributed by atoms with Crippen LogP contribution in [0.1, 0.15) is 28.8 Å². The largest absolute Gasteiger partial charge is 0.478 e. The third kappa shape index (κ3) is 3.50. The molecule has 7 nitrogen and oxygen atoms in total. The first-order chi connectivity index (χ1) is 9.99. The minimum absolute atomic E-state index is 0.155. The number of aromatic carboxylic acids is 1. The summed E-state index contributed by atoms with van der Waals surface area (Å²) in [5, 5.41) is 11.7. The van der Waals surface area contributed by atoms with Crippen LogP contribution in [0.3, 0.4) is 0 Å². The van der Waals surface area contributed by atoms with E-state index in [0.29, 0.717) is 31.6 Å². The Hall–Kier alpha value is -2.57.